The van der Waals surface area contributed by atoms with Crippen molar-refractivity contribution in [1.29, 1.82) is 0 Å². The summed E-state index contributed by atoms with van der Waals surface area (Å²) in [6, 6.07) is 0. The van der Waals surface area contributed by atoms with Gasteiger partial charge in [0, 0.05) is 13.2 Å². The van der Waals surface area contributed by atoms with Crippen LogP contribution in [0.15, 0.2) is 18.4 Å². The fraction of sp³-hybridized carbons (Fsp3) is 0.667. The third kappa shape index (κ3) is 11.3. The van der Waals surface area contributed by atoms with Gasteiger partial charge >= 0.3 is 0 Å². The van der Waals surface area contributed by atoms with Crippen molar-refractivity contribution < 1.29 is 9.53 Å². The van der Waals surface area contributed by atoms with Gasteiger partial charge in [-0.15, -0.1) is 5.73 Å². The van der Waals surface area contributed by atoms with Crippen LogP contribution >= 0.6 is 0 Å². The van der Waals surface area contributed by atoms with Crippen molar-refractivity contribution in [2.24, 2.45) is 5.92 Å². The zero-order valence-corrected chi connectivity index (χ0v) is 11.5. The molecule has 0 heterocycles. The van der Waals surface area contributed by atoms with Gasteiger partial charge in [0.2, 0.25) is 5.91 Å². The molecule has 0 aromatic carbocycles. The fourth-order valence-corrected chi connectivity index (χ4v) is 1.48. The number of allylic oxidation sites excluding steroid dienone is 1. The molecule has 1 amide bonds. The van der Waals surface area contributed by atoms with E-state index in [-0.39, 0.29) is 12.5 Å². The summed E-state index contributed by atoms with van der Waals surface area (Å²) < 4.78 is 5.30. The van der Waals surface area contributed by atoms with Crippen molar-refractivity contribution in [3.63, 3.8) is 0 Å². The Bertz CT molecular complexity index is 257. The molecule has 0 aliphatic rings. The SMILES string of the molecule is C=C=CC(C)CCOCC(=O)NCCCCC[CH2+]. The quantitative estimate of drug-likeness (QED) is 0.349. The average molecular weight is 252 g/mol. The van der Waals surface area contributed by atoms with E-state index in [2.05, 4.69) is 31.5 Å². The normalized spacial score (nSPS) is 11.6. The second-order valence-corrected chi connectivity index (χ2v) is 4.45. The molecule has 0 bridgehead atoms. The second-order valence-electron chi connectivity index (χ2n) is 4.45. The van der Waals surface area contributed by atoms with Gasteiger partial charge in [0.1, 0.15) is 6.61 Å². The molecule has 0 aliphatic heterocycles. The Kier molecular flexibility index (Phi) is 11.5. The molecular weight excluding hydrogens is 226 g/mol. The topological polar surface area (TPSA) is 38.3 Å². The highest BCUT2D eigenvalue weighted by Crippen LogP contribution is 2.02. The summed E-state index contributed by atoms with van der Waals surface area (Å²) in [6.07, 6.45) is 7.03. The van der Waals surface area contributed by atoms with Crippen LogP contribution < -0.4 is 5.32 Å². The molecule has 3 heteroatoms. The number of carbonyl (C=O) groups is 1. The Balaban J connectivity index is 3.34. The van der Waals surface area contributed by atoms with Crippen LogP contribution in [-0.2, 0) is 9.53 Å². The first kappa shape index (κ1) is 16.8. The highest BCUT2D eigenvalue weighted by Gasteiger charge is 2.02. The van der Waals surface area contributed by atoms with Crippen LogP contribution in [0, 0.1) is 12.8 Å². The van der Waals surface area contributed by atoms with Crippen LogP contribution in [0.25, 0.3) is 0 Å². The molecule has 0 aromatic heterocycles. The highest BCUT2D eigenvalue weighted by molar-refractivity contribution is 5.77. The zero-order chi connectivity index (χ0) is 13.6. The van der Waals surface area contributed by atoms with Crippen LogP contribution in [-0.4, -0.2) is 25.7 Å². The van der Waals surface area contributed by atoms with Crippen LogP contribution in [0.2, 0.25) is 0 Å². The second kappa shape index (κ2) is 12.3. The lowest BCUT2D eigenvalue weighted by Crippen LogP contribution is -2.28. The van der Waals surface area contributed by atoms with Gasteiger partial charge < -0.3 is 10.1 Å². The molecule has 0 fully saturated rings. The molecule has 1 atom stereocenters. The fourth-order valence-electron chi connectivity index (χ4n) is 1.48. The minimum absolute atomic E-state index is 0.0310. The summed E-state index contributed by atoms with van der Waals surface area (Å²) in [5, 5.41) is 2.84. The van der Waals surface area contributed by atoms with Gasteiger partial charge in [-0.3, -0.25) is 4.79 Å². The van der Waals surface area contributed by atoms with E-state index in [1.165, 1.54) is 0 Å². The number of ether oxygens (including phenoxy) is 1. The standard InChI is InChI=1S/C15H25NO2/c1-4-6-7-8-11-16-15(17)13-18-12-10-14(3)9-5-2/h9,14H,1-2,4,6-8,10-13H2,3H3/p+1. The predicted octanol–water partition coefficient (Wildman–Crippen LogP) is 2.88. The number of amides is 1. The largest absolute Gasteiger partial charge is 0.372 e. The Morgan fingerprint density at radius 2 is 2.28 bits per heavy atom. The summed E-state index contributed by atoms with van der Waals surface area (Å²) in [7, 11) is 0. The van der Waals surface area contributed by atoms with Gasteiger partial charge in [-0.05, 0) is 37.7 Å². The molecule has 0 radical (unpaired) electrons. The molecule has 0 aliphatic carbocycles. The molecule has 1 unspecified atom stereocenters. The van der Waals surface area contributed by atoms with E-state index in [9.17, 15) is 4.79 Å². The number of nitrogens with one attached hydrogen (secondary N) is 1. The molecule has 0 saturated carbocycles. The third-order valence-electron chi connectivity index (χ3n) is 2.60. The van der Waals surface area contributed by atoms with Crippen molar-refractivity contribution in [2.75, 3.05) is 19.8 Å². The summed E-state index contributed by atoms with van der Waals surface area (Å²) >= 11 is 0. The Morgan fingerprint density at radius 1 is 1.50 bits per heavy atom. The van der Waals surface area contributed by atoms with Gasteiger partial charge in [0.05, 0.1) is 13.3 Å². The van der Waals surface area contributed by atoms with Crippen LogP contribution in [0.4, 0.5) is 0 Å². The monoisotopic (exact) mass is 252 g/mol. The molecule has 18 heavy (non-hydrogen) atoms. The van der Waals surface area contributed by atoms with Gasteiger partial charge in [-0.25, -0.2) is 0 Å². The summed E-state index contributed by atoms with van der Waals surface area (Å²) in [4.78, 5) is 11.4. The lowest BCUT2D eigenvalue weighted by molar-refractivity contribution is -0.125. The van der Waals surface area contributed by atoms with Crippen molar-refractivity contribution >= 4 is 5.91 Å². The van der Waals surface area contributed by atoms with Crippen molar-refractivity contribution in [2.45, 2.75) is 39.0 Å². The van der Waals surface area contributed by atoms with Crippen LogP contribution in [0.5, 0.6) is 0 Å². The van der Waals surface area contributed by atoms with E-state index < -0.39 is 0 Å². The number of carbonyl (C=O) groups excluding carboxylic acids is 1. The number of rotatable bonds is 11. The predicted molar refractivity (Wildman–Crippen MR) is 75.1 cm³/mol. The maximum absolute atomic E-state index is 11.4. The lowest BCUT2D eigenvalue weighted by Gasteiger charge is -2.07. The lowest BCUT2D eigenvalue weighted by atomic mass is 10.1. The van der Waals surface area contributed by atoms with E-state index in [0.29, 0.717) is 12.5 Å². The molecule has 102 valence electrons. The number of hydrogen-bond donors (Lipinski definition) is 1. The molecule has 0 rings (SSSR count). The van der Waals surface area contributed by atoms with Gasteiger partial charge in [-0.1, -0.05) is 13.5 Å². The van der Waals surface area contributed by atoms with Gasteiger partial charge in [0.25, 0.3) is 0 Å². The summed E-state index contributed by atoms with van der Waals surface area (Å²) in [5.74, 6) is 0.366. The Morgan fingerprint density at radius 3 is 2.94 bits per heavy atom. The number of hydrogen-bond acceptors (Lipinski definition) is 2. The van der Waals surface area contributed by atoms with Gasteiger partial charge in [0.15, 0.2) is 0 Å². The van der Waals surface area contributed by atoms with E-state index in [4.69, 9.17) is 4.74 Å². The molecule has 3 nitrogen and oxygen atoms in total. The van der Waals surface area contributed by atoms with Crippen molar-refractivity contribution in [3.8, 4) is 0 Å². The maximum Gasteiger partial charge on any atom is 0.245 e. The zero-order valence-electron chi connectivity index (χ0n) is 11.5. The summed E-state index contributed by atoms with van der Waals surface area (Å²) in [6.45, 7) is 10.9. The highest BCUT2D eigenvalue weighted by atomic mass is 16.5. The van der Waals surface area contributed by atoms with E-state index in [1.54, 1.807) is 0 Å². The van der Waals surface area contributed by atoms with Crippen LogP contribution in [0.3, 0.4) is 0 Å². The minimum atomic E-state index is -0.0310. The van der Waals surface area contributed by atoms with E-state index >= 15 is 0 Å². The van der Waals surface area contributed by atoms with Gasteiger partial charge in [-0.2, -0.15) is 0 Å². The van der Waals surface area contributed by atoms with Crippen molar-refractivity contribution in [1.82, 2.24) is 5.32 Å². The third-order valence-corrected chi connectivity index (χ3v) is 2.60. The first-order valence-electron chi connectivity index (χ1n) is 6.70. The number of unbranched alkanes of at least 4 members (excludes halogenated alkanes) is 3. The molecular formula is C15H26NO2+. The van der Waals surface area contributed by atoms with Crippen molar-refractivity contribution in [3.05, 3.63) is 25.3 Å². The van der Waals surface area contributed by atoms with E-state index in [1.807, 2.05) is 6.08 Å². The first-order valence-corrected chi connectivity index (χ1v) is 6.70. The molecule has 1 N–H and O–H groups in total. The van der Waals surface area contributed by atoms with E-state index in [0.717, 1.165) is 38.6 Å². The average Bonchev–Trinajstić information content (AvgIpc) is 2.35. The molecule has 0 spiro atoms. The summed E-state index contributed by atoms with van der Waals surface area (Å²) in [5.41, 5.74) is 2.75. The van der Waals surface area contributed by atoms with Crippen LogP contribution in [0.1, 0.15) is 39.0 Å². The minimum Gasteiger partial charge on any atom is -0.372 e. The Labute approximate surface area is 111 Å². The first-order chi connectivity index (χ1) is 8.70. The molecule has 0 saturated heterocycles. The maximum atomic E-state index is 11.4. The Hall–Kier alpha value is -1.18. The smallest absolute Gasteiger partial charge is 0.245 e. The molecule has 0 aromatic rings.